The summed E-state index contributed by atoms with van der Waals surface area (Å²) in [5.74, 6) is -0.810. The van der Waals surface area contributed by atoms with Crippen LogP contribution in [-0.4, -0.2) is 24.3 Å². The van der Waals surface area contributed by atoms with Gasteiger partial charge in [-0.25, -0.2) is 4.79 Å². The zero-order valence-electron chi connectivity index (χ0n) is 7.19. The van der Waals surface area contributed by atoms with Crippen LogP contribution in [0.15, 0.2) is 12.2 Å². The minimum Gasteiger partial charge on any atom is -0.479 e. The quantitative estimate of drug-likeness (QED) is 0.652. The third-order valence-electron chi connectivity index (χ3n) is 2.18. The van der Waals surface area contributed by atoms with Gasteiger partial charge in [0.15, 0.2) is 6.10 Å². The van der Waals surface area contributed by atoms with Gasteiger partial charge in [0.25, 0.3) is 0 Å². The van der Waals surface area contributed by atoms with Crippen molar-refractivity contribution >= 4 is 5.97 Å². The van der Waals surface area contributed by atoms with Crippen LogP contribution in [0.4, 0.5) is 0 Å². The van der Waals surface area contributed by atoms with Crippen molar-refractivity contribution in [3.8, 4) is 0 Å². The van der Waals surface area contributed by atoms with Crippen molar-refractivity contribution in [1.29, 1.82) is 0 Å². The maximum atomic E-state index is 10.7. The Morgan fingerprint density at radius 3 is 2.92 bits per heavy atom. The van der Waals surface area contributed by atoms with Crippen LogP contribution in [0.25, 0.3) is 0 Å². The molecule has 1 aliphatic carbocycles. The second-order valence-electron chi connectivity index (χ2n) is 3.02. The van der Waals surface area contributed by atoms with Crippen LogP contribution in [-0.2, 0) is 9.53 Å². The fourth-order valence-electron chi connectivity index (χ4n) is 1.55. The Morgan fingerprint density at radius 1 is 1.75 bits per heavy atom. The molecule has 3 nitrogen and oxygen atoms in total. The SMILES string of the molecule is COC(C(=O)O)C1C=CCCC1. The summed E-state index contributed by atoms with van der Waals surface area (Å²) in [6, 6.07) is 0. The molecule has 2 atom stereocenters. The Labute approximate surface area is 72.0 Å². The highest BCUT2D eigenvalue weighted by atomic mass is 16.5. The normalized spacial score (nSPS) is 25.2. The molecular weight excluding hydrogens is 156 g/mol. The van der Waals surface area contributed by atoms with Gasteiger partial charge in [0, 0.05) is 13.0 Å². The van der Waals surface area contributed by atoms with Gasteiger partial charge in [0.2, 0.25) is 0 Å². The molecule has 1 aliphatic rings. The van der Waals surface area contributed by atoms with E-state index >= 15 is 0 Å². The smallest absolute Gasteiger partial charge is 0.333 e. The van der Waals surface area contributed by atoms with Gasteiger partial charge in [0.05, 0.1) is 0 Å². The van der Waals surface area contributed by atoms with Crippen molar-refractivity contribution in [3.63, 3.8) is 0 Å². The van der Waals surface area contributed by atoms with Gasteiger partial charge in [-0.05, 0) is 19.3 Å². The van der Waals surface area contributed by atoms with Crippen LogP contribution in [0.5, 0.6) is 0 Å². The van der Waals surface area contributed by atoms with E-state index in [1.54, 1.807) is 0 Å². The maximum Gasteiger partial charge on any atom is 0.333 e. The third kappa shape index (κ3) is 2.08. The highest BCUT2D eigenvalue weighted by Crippen LogP contribution is 2.22. The molecule has 0 aromatic carbocycles. The molecule has 0 bridgehead atoms. The third-order valence-corrected chi connectivity index (χ3v) is 2.18. The Balaban J connectivity index is 2.58. The molecule has 3 heteroatoms. The Morgan fingerprint density at radius 2 is 2.50 bits per heavy atom. The van der Waals surface area contributed by atoms with E-state index in [1.165, 1.54) is 7.11 Å². The van der Waals surface area contributed by atoms with E-state index in [0.29, 0.717) is 0 Å². The summed E-state index contributed by atoms with van der Waals surface area (Å²) in [6.45, 7) is 0. The largest absolute Gasteiger partial charge is 0.479 e. The van der Waals surface area contributed by atoms with E-state index in [1.807, 2.05) is 12.2 Å². The predicted octanol–water partition coefficient (Wildman–Crippen LogP) is 1.44. The lowest BCUT2D eigenvalue weighted by molar-refractivity contribution is -0.151. The van der Waals surface area contributed by atoms with Gasteiger partial charge < -0.3 is 9.84 Å². The Hall–Kier alpha value is -0.830. The summed E-state index contributed by atoms with van der Waals surface area (Å²) < 4.78 is 4.90. The lowest BCUT2D eigenvalue weighted by Gasteiger charge is -2.21. The van der Waals surface area contributed by atoms with Gasteiger partial charge in [0.1, 0.15) is 0 Å². The minimum absolute atomic E-state index is 0.0567. The summed E-state index contributed by atoms with van der Waals surface area (Å²) in [5, 5.41) is 8.77. The molecule has 0 saturated carbocycles. The molecule has 0 saturated heterocycles. The van der Waals surface area contributed by atoms with E-state index in [-0.39, 0.29) is 5.92 Å². The predicted molar refractivity (Wildman–Crippen MR) is 44.9 cm³/mol. The average Bonchev–Trinajstić information content (AvgIpc) is 2.07. The molecule has 1 N–H and O–H groups in total. The number of aliphatic carboxylic acids is 1. The topological polar surface area (TPSA) is 46.5 Å². The van der Waals surface area contributed by atoms with E-state index < -0.39 is 12.1 Å². The molecule has 0 radical (unpaired) electrons. The zero-order valence-corrected chi connectivity index (χ0v) is 7.19. The molecule has 0 aliphatic heterocycles. The molecule has 0 amide bonds. The number of hydrogen-bond acceptors (Lipinski definition) is 2. The van der Waals surface area contributed by atoms with E-state index in [9.17, 15) is 4.79 Å². The summed E-state index contributed by atoms with van der Waals surface area (Å²) in [4.78, 5) is 10.7. The van der Waals surface area contributed by atoms with Gasteiger partial charge >= 0.3 is 5.97 Å². The van der Waals surface area contributed by atoms with Crippen molar-refractivity contribution in [2.45, 2.75) is 25.4 Å². The number of rotatable bonds is 3. The molecule has 2 unspecified atom stereocenters. The van der Waals surface area contributed by atoms with Crippen molar-refractivity contribution in [2.75, 3.05) is 7.11 Å². The molecule has 0 heterocycles. The van der Waals surface area contributed by atoms with Gasteiger partial charge in [-0.15, -0.1) is 0 Å². The number of methoxy groups -OCH3 is 1. The van der Waals surface area contributed by atoms with E-state index in [0.717, 1.165) is 19.3 Å². The van der Waals surface area contributed by atoms with Crippen LogP contribution in [0.1, 0.15) is 19.3 Å². The fourth-order valence-corrected chi connectivity index (χ4v) is 1.55. The van der Waals surface area contributed by atoms with Crippen LogP contribution >= 0.6 is 0 Å². The molecular formula is C9H14O3. The zero-order chi connectivity index (χ0) is 8.97. The maximum absolute atomic E-state index is 10.7. The minimum atomic E-state index is -0.867. The lowest BCUT2D eigenvalue weighted by atomic mass is 9.91. The first-order valence-electron chi connectivity index (χ1n) is 4.18. The van der Waals surface area contributed by atoms with Gasteiger partial charge in [-0.1, -0.05) is 12.2 Å². The first-order valence-corrected chi connectivity index (χ1v) is 4.18. The first kappa shape index (κ1) is 9.26. The molecule has 0 aromatic heterocycles. The number of ether oxygens (including phenoxy) is 1. The van der Waals surface area contributed by atoms with Crippen LogP contribution in [0.3, 0.4) is 0 Å². The Bertz CT molecular complexity index is 186. The van der Waals surface area contributed by atoms with Crippen LogP contribution in [0.2, 0.25) is 0 Å². The number of carbonyl (C=O) groups is 1. The molecule has 1 rings (SSSR count). The second kappa shape index (κ2) is 4.26. The summed E-state index contributed by atoms with van der Waals surface area (Å²) in [5.41, 5.74) is 0. The monoisotopic (exact) mass is 170 g/mol. The summed E-state index contributed by atoms with van der Waals surface area (Å²) in [6.07, 6.45) is 6.36. The van der Waals surface area contributed by atoms with Crippen molar-refractivity contribution in [1.82, 2.24) is 0 Å². The van der Waals surface area contributed by atoms with Crippen molar-refractivity contribution in [3.05, 3.63) is 12.2 Å². The van der Waals surface area contributed by atoms with Crippen molar-refractivity contribution in [2.24, 2.45) is 5.92 Å². The highest BCUT2D eigenvalue weighted by Gasteiger charge is 2.26. The van der Waals surface area contributed by atoms with Crippen LogP contribution in [0, 0.1) is 5.92 Å². The number of carboxylic acid groups (broad SMARTS) is 1. The Kier molecular flexibility index (Phi) is 3.29. The van der Waals surface area contributed by atoms with Crippen molar-refractivity contribution < 1.29 is 14.6 Å². The van der Waals surface area contributed by atoms with E-state index in [4.69, 9.17) is 9.84 Å². The van der Waals surface area contributed by atoms with E-state index in [2.05, 4.69) is 0 Å². The average molecular weight is 170 g/mol. The number of carboxylic acids is 1. The molecule has 68 valence electrons. The standard InChI is InChI=1S/C9H14O3/c1-12-8(9(10)11)7-5-3-2-4-6-7/h3,5,7-8H,2,4,6H2,1H3,(H,10,11). The fraction of sp³-hybridized carbons (Fsp3) is 0.667. The molecule has 0 aromatic rings. The van der Waals surface area contributed by atoms with Gasteiger partial charge in [-0.2, -0.15) is 0 Å². The summed E-state index contributed by atoms with van der Waals surface area (Å²) in [7, 11) is 1.45. The van der Waals surface area contributed by atoms with Crippen LogP contribution < -0.4 is 0 Å². The number of allylic oxidation sites excluding steroid dienone is 1. The first-order chi connectivity index (χ1) is 5.75. The molecule has 12 heavy (non-hydrogen) atoms. The number of hydrogen-bond donors (Lipinski definition) is 1. The summed E-state index contributed by atoms with van der Waals surface area (Å²) >= 11 is 0. The highest BCUT2D eigenvalue weighted by molar-refractivity contribution is 5.73. The lowest BCUT2D eigenvalue weighted by Crippen LogP contribution is -2.31. The molecule has 0 spiro atoms. The second-order valence-corrected chi connectivity index (χ2v) is 3.02. The van der Waals surface area contributed by atoms with Gasteiger partial charge in [-0.3, -0.25) is 0 Å². The molecule has 0 fully saturated rings.